The van der Waals surface area contributed by atoms with Crippen LogP contribution in [-0.4, -0.2) is 36.0 Å². The summed E-state index contributed by atoms with van der Waals surface area (Å²) in [6, 6.07) is 11.2. The molecule has 30 heavy (non-hydrogen) atoms. The van der Waals surface area contributed by atoms with Crippen molar-refractivity contribution >= 4 is 29.6 Å². The molecule has 0 aliphatic carbocycles. The van der Waals surface area contributed by atoms with Gasteiger partial charge in [0.25, 0.3) is 5.69 Å². The average molecular weight is 410 g/mol. The summed E-state index contributed by atoms with van der Waals surface area (Å²) in [5, 5.41) is 11.1. The molecule has 0 spiro atoms. The molecular formula is C21H18N2O7. The highest BCUT2D eigenvalue weighted by atomic mass is 16.6. The Morgan fingerprint density at radius 2 is 2.07 bits per heavy atom. The van der Waals surface area contributed by atoms with Crippen LogP contribution in [0.5, 0.6) is 5.75 Å². The first-order valence-corrected chi connectivity index (χ1v) is 9.04. The molecule has 0 amide bonds. The molecule has 0 aromatic heterocycles. The lowest BCUT2D eigenvalue weighted by Crippen LogP contribution is -2.14. The fourth-order valence-corrected chi connectivity index (χ4v) is 2.67. The van der Waals surface area contributed by atoms with Gasteiger partial charge >= 0.3 is 11.9 Å². The number of aliphatic imine (C=N–C) groups is 1. The summed E-state index contributed by atoms with van der Waals surface area (Å²) in [6.45, 7) is 3.35. The minimum atomic E-state index is -0.675. The molecule has 154 valence electrons. The zero-order chi connectivity index (χ0) is 21.7. The van der Waals surface area contributed by atoms with Crippen molar-refractivity contribution in [3.05, 3.63) is 75.0 Å². The van der Waals surface area contributed by atoms with Gasteiger partial charge in [0, 0.05) is 17.2 Å². The standard InChI is InChI=1S/C21H18N2O7/c1-3-28-19(24)12-29-16-6-4-5-14(9-16)10-17-21(25)30-20(22-17)15-8-7-13(2)18(11-15)23(26)27/h4-11H,3,12H2,1-2H3/b17-10-. The Hall–Kier alpha value is -4.01. The van der Waals surface area contributed by atoms with Crippen molar-refractivity contribution in [2.45, 2.75) is 13.8 Å². The number of benzene rings is 2. The van der Waals surface area contributed by atoms with Gasteiger partial charge in [-0.15, -0.1) is 0 Å². The summed E-state index contributed by atoms with van der Waals surface area (Å²) in [4.78, 5) is 38.4. The van der Waals surface area contributed by atoms with E-state index in [1.54, 1.807) is 50.2 Å². The molecule has 3 rings (SSSR count). The number of hydrogen-bond acceptors (Lipinski definition) is 8. The highest BCUT2D eigenvalue weighted by Gasteiger charge is 2.25. The van der Waals surface area contributed by atoms with Crippen LogP contribution in [0.15, 0.2) is 53.2 Å². The Balaban J connectivity index is 1.81. The minimum absolute atomic E-state index is 0.0101. The maximum absolute atomic E-state index is 12.2. The molecule has 1 aliphatic rings. The van der Waals surface area contributed by atoms with Crippen LogP contribution in [0, 0.1) is 17.0 Å². The van der Waals surface area contributed by atoms with Gasteiger partial charge < -0.3 is 14.2 Å². The van der Waals surface area contributed by atoms with Crippen molar-refractivity contribution in [2.24, 2.45) is 4.99 Å². The Kier molecular flexibility index (Phi) is 6.21. The van der Waals surface area contributed by atoms with Crippen molar-refractivity contribution in [1.29, 1.82) is 0 Å². The Labute approximate surface area is 171 Å². The van der Waals surface area contributed by atoms with Gasteiger partial charge in [-0.2, -0.15) is 0 Å². The molecule has 0 radical (unpaired) electrons. The predicted molar refractivity (Wildman–Crippen MR) is 107 cm³/mol. The second kappa shape index (κ2) is 8.99. The Morgan fingerprint density at radius 1 is 1.27 bits per heavy atom. The first-order valence-electron chi connectivity index (χ1n) is 9.04. The first-order chi connectivity index (χ1) is 14.4. The summed E-state index contributed by atoms with van der Waals surface area (Å²) in [5.74, 6) is -0.751. The van der Waals surface area contributed by atoms with E-state index in [1.165, 1.54) is 12.1 Å². The van der Waals surface area contributed by atoms with Crippen LogP contribution in [0.3, 0.4) is 0 Å². The molecule has 0 N–H and O–H groups in total. The van der Waals surface area contributed by atoms with Gasteiger partial charge in [0.05, 0.1) is 11.5 Å². The van der Waals surface area contributed by atoms with Crippen LogP contribution in [-0.2, 0) is 19.1 Å². The van der Waals surface area contributed by atoms with E-state index in [2.05, 4.69) is 4.99 Å². The predicted octanol–water partition coefficient (Wildman–Crippen LogP) is 3.19. The molecule has 0 atom stereocenters. The largest absolute Gasteiger partial charge is 0.482 e. The molecule has 0 saturated carbocycles. The van der Waals surface area contributed by atoms with E-state index in [1.807, 2.05) is 0 Å². The highest BCUT2D eigenvalue weighted by Crippen LogP contribution is 2.24. The molecule has 9 heteroatoms. The van der Waals surface area contributed by atoms with E-state index < -0.39 is 16.9 Å². The van der Waals surface area contributed by atoms with Gasteiger partial charge in [-0.3, -0.25) is 10.1 Å². The van der Waals surface area contributed by atoms with Crippen molar-refractivity contribution in [1.82, 2.24) is 0 Å². The number of carbonyl (C=O) groups is 2. The molecule has 0 fully saturated rings. The van der Waals surface area contributed by atoms with Gasteiger partial charge in [-0.1, -0.05) is 18.2 Å². The topological polar surface area (TPSA) is 117 Å². The average Bonchev–Trinajstić information content (AvgIpc) is 3.07. The van der Waals surface area contributed by atoms with Gasteiger partial charge in [0.15, 0.2) is 12.3 Å². The van der Waals surface area contributed by atoms with Crippen LogP contribution in [0.2, 0.25) is 0 Å². The molecule has 2 aromatic carbocycles. The van der Waals surface area contributed by atoms with E-state index in [0.29, 0.717) is 22.4 Å². The van der Waals surface area contributed by atoms with Gasteiger partial charge in [0.2, 0.25) is 5.90 Å². The summed E-state index contributed by atoms with van der Waals surface area (Å²) < 4.78 is 15.3. The number of ether oxygens (including phenoxy) is 3. The van der Waals surface area contributed by atoms with Crippen LogP contribution >= 0.6 is 0 Å². The minimum Gasteiger partial charge on any atom is -0.482 e. The fourth-order valence-electron chi connectivity index (χ4n) is 2.67. The summed E-state index contributed by atoms with van der Waals surface area (Å²) in [7, 11) is 0. The van der Waals surface area contributed by atoms with Crippen molar-refractivity contribution in [3.63, 3.8) is 0 Å². The molecule has 0 saturated heterocycles. The zero-order valence-electron chi connectivity index (χ0n) is 16.3. The highest BCUT2D eigenvalue weighted by molar-refractivity contribution is 6.13. The number of carbonyl (C=O) groups excluding carboxylic acids is 2. The number of aryl methyl sites for hydroxylation is 1. The van der Waals surface area contributed by atoms with E-state index in [-0.39, 0.29) is 30.5 Å². The van der Waals surface area contributed by atoms with Crippen molar-refractivity contribution in [3.8, 4) is 5.75 Å². The Morgan fingerprint density at radius 3 is 2.80 bits per heavy atom. The lowest BCUT2D eigenvalue weighted by atomic mass is 10.1. The van der Waals surface area contributed by atoms with Crippen molar-refractivity contribution < 1.29 is 28.7 Å². The van der Waals surface area contributed by atoms with E-state index in [4.69, 9.17) is 14.2 Å². The second-order valence-electron chi connectivity index (χ2n) is 6.26. The number of hydrogen-bond donors (Lipinski definition) is 0. The van der Waals surface area contributed by atoms with Crippen LogP contribution in [0.4, 0.5) is 5.69 Å². The zero-order valence-corrected chi connectivity index (χ0v) is 16.3. The SMILES string of the molecule is CCOC(=O)COc1cccc(/C=C2\N=C(c3ccc(C)c([N+](=O)[O-])c3)OC2=O)c1. The van der Waals surface area contributed by atoms with Crippen LogP contribution in [0.1, 0.15) is 23.6 Å². The molecule has 0 unspecified atom stereocenters. The van der Waals surface area contributed by atoms with Crippen LogP contribution in [0.25, 0.3) is 6.08 Å². The molecular weight excluding hydrogens is 392 g/mol. The quantitative estimate of drug-likeness (QED) is 0.298. The maximum Gasteiger partial charge on any atom is 0.363 e. The monoisotopic (exact) mass is 410 g/mol. The van der Waals surface area contributed by atoms with E-state index in [0.717, 1.165) is 0 Å². The lowest BCUT2D eigenvalue weighted by Gasteiger charge is -2.06. The fraction of sp³-hybridized carbons (Fsp3) is 0.190. The van der Waals surface area contributed by atoms with Gasteiger partial charge in [0.1, 0.15) is 5.75 Å². The van der Waals surface area contributed by atoms with E-state index >= 15 is 0 Å². The lowest BCUT2D eigenvalue weighted by molar-refractivity contribution is -0.385. The van der Waals surface area contributed by atoms with Crippen molar-refractivity contribution in [2.75, 3.05) is 13.2 Å². The summed E-state index contributed by atoms with van der Waals surface area (Å²) in [5.41, 5.74) is 1.37. The molecule has 9 nitrogen and oxygen atoms in total. The summed E-state index contributed by atoms with van der Waals surface area (Å²) >= 11 is 0. The molecule has 1 heterocycles. The summed E-state index contributed by atoms with van der Waals surface area (Å²) in [6.07, 6.45) is 1.50. The molecule has 1 aliphatic heterocycles. The number of nitrogens with zero attached hydrogens (tertiary/aromatic N) is 2. The van der Waals surface area contributed by atoms with Crippen LogP contribution < -0.4 is 4.74 Å². The van der Waals surface area contributed by atoms with Gasteiger partial charge in [-0.25, -0.2) is 14.6 Å². The number of nitro benzene ring substituents is 1. The third-order valence-electron chi connectivity index (χ3n) is 4.10. The number of esters is 2. The number of cyclic esters (lactones) is 1. The second-order valence-corrected chi connectivity index (χ2v) is 6.26. The first kappa shape index (κ1) is 20.7. The number of nitro groups is 1. The van der Waals surface area contributed by atoms with E-state index in [9.17, 15) is 19.7 Å². The normalized spacial score (nSPS) is 14.3. The smallest absolute Gasteiger partial charge is 0.363 e. The van der Waals surface area contributed by atoms with Gasteiger partial charge in [-0.05, 0) is 43.7 Å². The number of rotatable bonds is 7. The third-order valence-corrected chi connectivity index (χ3v) is 4.10. The molecule has 2 aromatic rings. The third kappa shape index (κ3) is 4.88. The molecule has 0 bridgehead atoms. The maximum atomic E-state index is 12.2. The Bertz CT molecular complexity index is 1070.